The van der Waals surface area contributed by atoms with Gasteiger partial charge in [0.2, 0.25) is 0 Å². The van der Waals surface area contributed by atoms with Crippen molar-refractivity contribution < 1.29 is 4.21 Å². The molecule has 34 heavy (non-hydrogen) atoms. The van der Waals surface area contributed by atoms with Gasteiger partial charge in [0.25, 0.3) is 0 Å². The van der Waals surface area contributed by atoms with Crippen LogP contribution in [0.1, 0.15) is 31.7 Å². The Labute approximate surface area is 210 Å². The van der Waals surface area contributed by atoms with Crippen molar-refractivity contribution in [3.8, 4) is 0 Å². The van der Waals surface area contributed by atoms with Crippen molar-refractivity contribution in [1.29, 1.82) is 0 Å². The van der Waals surface area contributed by atoms with E-state index >= 15 is 0 Å². The summed E-state index contributed by atoms with van der Waals surface area (Å²) in [5, 5.41) is 0. The van der Waals surface area contributed by atoms with Gasteiger partial charge in [-0.2, -0.15) is 0 Å². The van der Waals surface area contributed by atoms with Crippen molar-refractivity contribution in [3.05, 3.63) is 130 Å². The predicted octanol–water partition coefficient (Wildman–Crippen LogP) is 5.89. The zero-order chi connectivity index (χ0) is 23.8. The van der Waals surface area contributed by atoms with Crippen molar-refractivity contribution in [2.45, 2.75) is 38.0 Å². The fraction of sp³-hybridized carbons (Fsp3) is 0.161. The molecular weight excluding hydrogens is 539 g/mol. The Bertz CT molecular complexity index is 1140. The molecule has 0 aliphatic heterocycles. The summed E-state index contributed by atoms with van der Waals surface area (Å²) in [5.41, 5.74) is 1.18. The quantitative estimate of drug-likeness (QED) is 0.181. The fourth-order valence-electron chi connectivity index (χ4n) is 4.59. The van der Waals surface area contributed by atoms with Crippen LogP contribution < -0.4 is 10.7 Å². The molecule has 0 saturated heterocycles. The second kappa shape index (κ2) is 11.8. The van der Waals surface area contributed by atoms with Gasteiger partial charge in [0.15, 0.2) is 0 Å². The van der Waals surface area contributed by atoms with Crippen LogP contribution in [0.4, 0.5) is 0 Å². The Morgan fingerprint density at radius 1 is 0.706 bits per heavy atom. The summed E-state index contributed by atoms with van der Waals surface area (Å²) in [5.74, 6) is 0. The van der Waals surface area contributed by atoms with Crippen LogP contribution in [0.5, 0.6) is 0 Å². The van der Waals surface area contributed by atoms with Crippen LogP contribution in [0.2, 0.25) is 0 Å². The maximum absolute atomic E-state index is 14.5. The third kappa shape index (κ3) is 5.13. The molecular formula is C31H32OSSn. The van der Waals surface area contributed by atoms with E-state index in [0.29, 0.717) is 0 Å². The Morgan fingerprint density at radius 3 is 1.56 bits per heavy atom. The van der Waals surface area contributed by atoms with E-state index in [2.05, 4.69) is 123 Å². The van der Waals surface area contributed by atoms with Gasteiger partial charge in [-0.05, 0) is 0 Å². The molecule has 0 N–H and O–H groups in total. The number of aryl methyl sites for hydroxylation is 1. The molecule has 0 bridgehead atoms. The summed E-state index contributed by atoms with van der Waals surface area (Å²) in [7, 11) is -1.25. The van der Waals surface area contributed by atoms with Crippen molar-refractivity contribution in [2.75, 3.05) is 0 Å². The van der Waals surface area contributed by atoms with Gasteiger partial charge in [0.1, 0.15) is 0 Å². The number of rotatable bonds is 9. The zero-order valence-electron chi connectivity index (χ0n) is 20.0. The van der Waals surface area contributed by atoms with Crippen molar-refractivity contribution in [1.82, 2.24) is 0 Å². The normalized spacial score (nSPS) is 12.9. The van der Waals surface area contributed by atoms with Gasteiger partial charge in [0, 0.05) is 0 Å². The monoisotopic (exact) mass is 572 g/mol. The van der Waals surface area contributed by atoms with E-state index in [4.69, 9.17) is 0 Å². The van der Waals surface area contributed by atoms with Crippen LogP contribution in [-0.4, -0.2) is 22.6 Å². The van der Waals surface area contributed by atoms with Gasteiger partial charge in [0.05, 0.1) is 0 Å². The number of allylic oxidation sites excluding steroid dienone is 1. The molecule has 0 fully saturated rings. The van der Waals surface area contributed by atoms with E-state index in [1.165, 1.54) is 16.3 Å². The molecule has 0 aromatic heterocycles. The third-order valence-corrected chi connectivity index (χ3v) is 24.2. The molecule has 4 rings (SSSR count). The molecule has 172 valence electrons. The molecule has 1 atom stereocenters. The molecule has 4 aromatic carbocycles. The zero-order valence-corrected chi connectivity index (χ0v) is 23.7. The Morgan fingerprint density at radius 2 is 1.15 bits per heavy atom. The van der Waals surface area contributed by atoms with E-state index in [-0.39, 0.29) is 0 Å². The minimum absolute atomic E-state index is 0.886. The number of unbranched alkanes of at least 4 members (excludes halogenated alkanes) is 2. The van der Waals surface area contributed by atoms with Gasteiger partial charge >= 0.3 is 212 Å². The average molecular weight is 571 g/mol. The number of hydrogen-bond donors (Lipinski definition) is 0. The van der Waals surface area contributed by atoms with E-state index in [1.54, 1.807) is 0 Å². The SMILES string of the molecule is CCCC/C=[C](/S(=O)c1ccc(C)cc1)[Sn]([c]1ccccc1)([c]1ccccc1)[c]1ccccc1. The van der Waals surface area contributed by atoms with Crippen LogP contribution in [0.15, 0.2) is 129 Å². The predicted molar refractivity (Wildman–Crippen MR) is 149 cm³/mol. The van der Waals surface area contributed by atoms with Gasteiger partial charge in [-0.1, -0.05) is 0 Å². The molecule has 0 radical (unpaired) electrons. The second-order valence-electron chi connectivity index (χ2n) is 8.64. The molecule has 0 spiro atoms. The molecule has 3 heteroatoms. The van der Waals surface area contributed by atoms with Crippen molar-refractivity contribution in [2.24, 2.45) is 0 Å². The van der Waals surface area contributed by atoms with Gasteiger partial charge in [-0.15, -0.1) is 0 Å². The standard InChI is InChI=1S/C13H17OS.3C6H5.Sn/c1-3-4-5-6-11-15(14)13-9-7-12(2)8-10-13;3*1-2-4-6-5-3-1;/h6-10H,3-5H2,1-2H3;3*1-5H;. The van der Waals surface area contributed by atoms with Gasteiger partial charge in [-0.25, -0.2) is 0 Å². The first-order valence-corrected chi connectivity index (χ1v) is 18.9. The van der Waals surface area contributed by atoms with Crippen molar-refractivity contribution in [3.63, 3.8) is 0 Å². The Kier molecular flexibility index (Phi) is 8.58. The van der Waals surface area contributed by atoms with E-state index < -0.39 is 29.2 Å². The topological polar surface area (TPSA) is 17.1 Å². The number of hydrogen-bond acceptors (Lipinski definition) is 1. The fourth-order valence-corrected chi connectivity index (χ4v) is 24.0. The first kappa shape index (κ1) is 24.7. The minimum atomic E-state index is -3.89. The summed E-state index contributed by atoms with van der Waals surface area (Å²) >= 11 is -3.89. The summed E-state index contributed by atoms with van der Waals surface area (Å²) in [6, 6.07) is 40.8. The van der Waals surface area contributed by atoms with Crippen LogP contribution in [0.3, 0.4) is 0 Å². The van der Waals surface area contributed by atoms with Gasteiger partial charge < -0.3 is 0 Å². The summed E-state index contributed by atoms with van der Waals surface area (Å²) in [6.07, 6.45) is 5.48. The van der Waals surface area contributed by atoms with E-state index in [9.17, 15) is 4.21 Å². The molecule has 0 aliphatic rings. The summed E-state index contributed by atoms with van der Waals surface area (Å²) < 4.78 is 19.6. The van der Waals surface area contributed by atoms with Crippen LogP contribution in [0, 0.1) is 6.92 Å². The molecule has 4 aromatic rings. The summed E-state index contributed by atoms with van der Waals surface area (Å²) in [4.78, 5) is 0.886. The first-order chi connectivity index (χ1) is 16.7. The Hall–Kier alpha value is -2.43. The molecule has 0 aliphatic carbocycles. The molecule has 0 amide bonds. The Balaban J connectivity index is 2.07. The van der Waals surface area contributed by atoms with E-state index in [1.807, 2.05) is 12.1 Å². The van der Waals surface area contributed by atoms with E-state index in [0.717, 1.165) is 27.1 Å². The van der Waals surface area contributed by atoms with Crippen LogP contribution in [-0.2, 0) is 10.8 Å². The van der Waals surface area contributed by atoms with Crippen LogP contribution in [0.25, 0.3) is 0 Å². The average Bonchev–Trinajstić information content (AvgIpc) is 2.90. The molecule has 1 unspecified atom stereocenters. The second-order valence-corrected chi connectivity index (χ2v) is 21.9. The first-order valence-electron chi connectivity index (χ1n) is 12.0. The third-order valence-electron chi connectivity index (χ3n) is 6.31. The summed E-state index contributed by atoms with van der Waals surface area (Å²) in [6.45, 7) is 4.29. The van der Waals surface area contributed by atoms with Gasteiger partial charge in [-0.3, -0.25) is 0 Å². The molecule has 1 nitrogen and oxygen atoms in total. The number of benzene rings is 4. The maximum atomic E-state index is 14.5. The van der Waals surface area contributed by atoms with Crippen molar-refractivity contribution >= 4 is 39.9 Å². The molecule has 0 heterocycles. The molecule has 0 saturated carbocycles. The van der Waals surface area contributed by atoms with Crippen LogP contribution >= 0.6 is 0 Å².